The van der Waals surface area contributed by atoms with E-state index in [0.29, 0.717) is 22.8 Å². The number of aliphatic hydroxyl groups is 1. The van der Waals surface area contributed by atoms with Crippen molar-refractivity contribution < 1.29 is 19.3 Å². The van der Waals surface area contributed by atoms with Crippen LogP contribution in [0.1, 0.15) is 30.7 Å². The molecule has 1 unspecified atom stereocenters. The van der Waals surface area contributed by atoms with Gasteiger partial charge in [-0.25, -0.2) is 0 Å². The van der Waals surface area contributed by atoms with Gasteiger partial charge < -0.3 is 19.3 Å². The van der Waals surface area contributed by atoms with Gasteiger partial charge in [-0.1, -0.05) is 6.92 Å². The number of fused-ring (bicyclic) bond motifs is 1. The number of aliphatic hydroxyl groups excluding tert-OH is 1. The molecular formula is C15H18N2O4. The summed E-state index contributed by atoms with van der Waals surface area (Å²) in [5, 5.41) is 14.9. The van der Waals surface area contributed by atoms with Crippen LogP contribution in [0.2, 0.25) is 0 Å². The number of hydrogen-bond donors (Lipinski definition) is 1. The van der Waals surface area contributed by atoms with Crippen LogP contribution in [0.15, 0.2) is 24.4 Å². The highest BCUT2D eigenvalue weighted by Crippen LogP contribution is 2.43. The Hall–Kier alpha value is -2.21. The zero-order valence-electron chi connectivity index (χ0n) is 12.1. The maximum absolute atomic E-state index is 10.6. The molecule has 1 aliphatic heterocycles. The highest BCUT2D eigenvalue weighted by molar-refractivity contribution is 5.56. The molecule has 0 saturated heterocycles. The number of nitrogens with zero attached hydrogens (tertiary/aromatic N) is 2. The van der Waals surface area contributed by atoms with E-state index < -0.39 is 6.10 Å². The minimum atomic E-state index is -0.789. The summed E-state index contributed by atoms with van der Waals surface area (Å²) in [5.74, 6) is 1.72. The van der Waals surface area contributed by atoms with Crippen molar-refractivity contribution in [3.63, 3.8) is 0 Å². The summed E-state index contributed by atoms with van der Waals surface area (Å²) in [7, 11) is 1.56. The summed E-state index contributed by atoms with van der Waals surface area (Å²) < 4.78 is 17.9. The number of ether oxygens (including phenoxy) is 3. The molecule has 0 amide bonds. The van der Waals surface area contributed by atoms with Gasteiger partial charge in [0.25, 0.3) is 0 Å². The van der Waals surface area contributed by atoms with Crippen LogP contribution in [-0.4, -0.2) is 28.8 Å². The molecule has 6 nitrogen and oxygen atoms in total. The highest BCUT2D eigenvalue weighted by Gasteiger charge is 2.24. The Balaban J connectivity index is 1.98. The fraction of sp³-hybridized carbons (Fsp3) is 0.400. The molecule has 1 aromatic heterocycles. The van der Waals surface area contributed by atoms with E-state index in [-0.39, 0.29) is 6.79 Å². The van der Waals surface area contributed by atoms with Crippen molar-refractivity contribution in [2.75, 3.05) is 13.9 Å². The van der Waals surface area contributed by atoms with Crippen molar-refractivity contribution in [2.45, 2.75) is 26.0 Å². The third kappa shape index (κ3) is 2.42. The zero-order chi connectivity index (χ0) is 14.8. The molecule has 0 aliphatic carbocycles. The summed E-state index contributed by atoms with van der Waals surface area (Å²) in [4.78, 5) is 0. The molecule has 112 valence electrons. The summed E-state index contributed by atoms with van der Waals surface area (Å²) >= 11 is 0. The van der Waals surface area contributed by atoms with Crippen molar-refractivity contribution in [1.82, 2.24) is 9.78 Å². The first-order chi connectivity index (χ1) is 10.2. The highest BCUT2D eigenvalue weighted by atomic mass is 16.7. The van der Waals surface area contributed by atoms with Crippen LogP contribution in [0.4, 0.5) is 0 Å². The van der Waals surface area contributed by atoms with Crippen LogP contribution in [0.5, 0.6) is 17.2 Å². The van der Waals surface area contributed by atoms with Gasteiger partial charge in [0.15, 0.2) is 11.5 Å². The van der Waals surface area contributed by atoms with Crippen LogP contribution in [-0.2, 0) is 6.54 Å². The Bertz CT molecular complexity index is 639. The minimum Gasteiger partial charge on any atom is -0.493 e. The zero-order valence-corrected chi connectivity index (χ0v) is 12.1. The van der Waals surface area contributed by atoms with Crippen molar-refractivity contribution in [1.29, 1.82) is 0 Å². The Kier molecular flexibility index (Phi) is 3.70. The van der Waals surface area contributed by atoms with Gasteiger partial charge in [-0.15, -0.1) is 0 Å². The summed E-state index contributed by atoms with van der Waals surface area (Å²) in [6, 6.07) is 5.36. The fourth-order valence-electron chi connectivity index (χ4n) is 2.45. The molecule has 0 radical (unpaired) electrons. The number of rotatable bonds is 5. The van der Waals surface area contributed by atoms with Gasteiger partial charge >= 0.3 is 0 Å². The molecule has 21 heavy (non-hydrogen) atoms. The smallest absolute Gasteiger partial charge is 0.231 e. The number of hydrogen-bond acceptors (Lipinski definition) is 5. The molecule has 2 aromatic rings. The van der Waals surface area contributed by atoms with E-state index in [4.69, 9.17) is 14.2 Å². The van der Waals surface area contributed by atoms with Crippen molar-refractivity contribution in [3.05, 3.63) is 35.7 Å². The number of aromatic nitrogens is 2. The normalized spacial score (nSPS) is 14.2. The second-order valence-corrected chi connectivity index (χ2v) is 4.84. The summed E-state index contributed by atoms with van der Waals surface area (Å²) in [6.07, 6.45) is 1.85. The van der Waals surface area contributed by atoms with Crippen LogP contribution in [0.3, 0.4) is 0 Å². The lowest BCUT2D eigenvalue weighted by Gasteiger charge is -2.15. The average Bonchev–Trinajstić information content (AvgIpc) is 3.14. The monoisotopic (exact) mass is 290 g/mol. The summed E-state index contributed by atoms with van der Waals surface area (Å²) in [5.41, 5.74) is 1.44. The first-order valence-corrected chi connectivity index (χ1v) is 6.92. The molecule has 1 aromatic carbocycles. The van der Waals surface area contributed by atoms with Gasteiger partial charge in [0, 0.05) is 12.7 Å². The number of methoxy groups -OCH3 is 1. The van der Waals surface area contributed by atoms with Crippen LogP contribution in [0, 0.1) is 0 Å². The van der Waals surface area contributed by atoms with Gasteiger partial charge in [0.05, 0.1) is 12.8 Å². The predicted molar refractivity (Wildman–Crippen MR) is 75.7 cm³/mol. The lowest BCUT2D eigenvalue weighted by atomic mass is 10.1. The Morgan fingerprint density at radius 3 is 3.05 bits per heavy atom. The molecule has 1 N–H and O–H groups in total. The molecule has 2 heterocycles. The fourth-order valence-corrected chi connectivity index (χ4v) is 2.45. The third-order valence-corrected chi connectivity index (χ3v) is 3.46. The van der Waals surface area contributed by atoms with Crippen molar-refractivity contribution in [2.24, 2.45) is 0 Å². The van der Waals surface area contributed by atoms with Gasteiger partial charge in [0.2, 0.25) is 12.5 Å². The summed E-state index contributed by atoms with van der Waals surface area (Å²) in [6.45, 7) is 3.00. The standard InChI is InChI=1S/C15H18N2O4/c1-3-6-17-11(4-5-16-17)14(18)10-7-12(19-2)15-13(8-10)20-9-21-15/h4-5,7-8,14,18H,3,6,9H2,1-2H3. The molecular weight excluding hydrogens is 272 g/mol. The number of benzene rings is 1. The second-order valence-electron chi connectivity index (χ2n) is 4.84. The first kappa shape index (κ1) is 13.8. The van der Waals surface area contributed by atoms with Crippen molar-refractivity contribution in [3.8, 4) is 17.2 Å². The van der Waals surface area contributed by atoms with Gasteiger partial charge in [0.1, 0.15) is 6.10 Å². The minimum absolute atomic E-state index is 0.166. The molecule has 3 rings (SSSR count). The van der Waals surface area contributed by atoms with E-state index in [9.17, 15) is 5.11 Å². The molecule has 1 aliphatic rings. The van der Waals surface area contributed by atoms with E-state index in [2.05, 4.69) is 12.0 Å². The quantitative estimate of drug-likeness (QED) is 0.913. The lowest BCUT2D eigenvalue weighted by Crippen LogP contribution is -2.10. The first-order valence-electron chi connectivity index (χ1n) is 6.92. The van der Waals surface area contributed by atoms with Crippen LogP contribution >= 0.6 is 0 Å². The van der Waals surface area contributed by atoms with Crippen molar-refractivity contribution >= 4 is 0 Å². The third-order valence-electron chi connectivity index (χ3n) is 3.46. The SMILES string of the molecule is CCCn1nccc1C(O)c1cc(OC)c2c(c1)OCO2. The molecule has 0 fully saturated rings. The Morgan fingerprint density at radius 1 is 1.43 bits per heavy atom. The van der Waals surface area contributed by atoms with E-state index in [1.807, 2.05) is 10.7 Å². The van der Waals surface area contributed by atoms with E-state index in [1.165, 1.54) is 0 Å². The predicted octanol–water partition coefficient (Wildman–Crippen LogP) is 2.11. The number of aryl methyl sites for hydroxylation is 1. The Morgan fingerprint density at radius 2 is 2.29 bits per heavy atom. The lowest BCUT2D eigenvalue weighted by molar-refractivity contribution is 0.171. The maximum atomic E-state index is 10.6. The van der Waals surface area contributed by atoms with E-state index in [1.54, 1.807) is 25.4 Å². The molecule has 0 saturated carbocycles. The maximum Gasteiger partial charge on any atom is 0.231 e. The Labute approximate surface area is 122 Å². The van der Waals surface area contributed by atoms with Gasteiger partial charge in [-0.2, -0.15) is 5.10 Å². The molecule has 0 spiro atoms. The van der Waals surface area contributed by atoms with Crippen LogP contribution in [0.25, 0.3) is 0 Å². The average molecular weight is 290 g/mol. The van der Waals surface area contributed by atoms with Gasteiger partial charge in [-0.3, -0.25) is 4.68 Å². The van der Waals surface area contributed by atoms with Crippen LogP contribution < -0.4 is 14.2 Å². The van der Waals surface area contributed by atoms with Gasteiger partial charge in [-0.05, 0) is 30.2 Å². The van der Waals surface area contributed by atoms with E-state index in [0.717, 1.165) is 18.7 Å². The molecule has 1 atom stereocenters. The molecule has 6 heteroatoms. The molecule has 0 bridgehead atoms. The second kappa shape index (κ2) is 5.65. The van der Waals surface area contributed by atoms with E-state index >= 15 is 0 Å². The largest absolute Gasteiger partial charge is 0.493 e. The topological polar surface area (TPSA) is 65.7 Å².